The van der Waals surface area contributed by atoms with Gasteiger partial charge in [-0.2, -0.15) is 0 Å². The molecular weight excluding hydrogens is 260 g/mol. The second kappa shape index (κ2) is 6.64. The third-order valence-corrected chi connectivity index (χ3v) is 4.21. The molecular formula is C16H23F2NO. The van der Waals surface area contributed by atoms with Crippen LogP contribution >= 0.6 is 0 Å². The summed E-state index contributed by atoms with van der Waals surface area (Å²) in [7, 11) is 0. The van der Waals surface area contributed by atoms with E-state index in [1.54, 1.807) is 0 Å². The third-order valence-electron chi connectivity index (χ3n) is 4.21. The Balaban J connectivity index is 1.95. The predicted molar refractivity (Wildman–Crippen MR) is 75.4 cm³/mol. The summed E-state index contributed by atoms with van der Waals surface area (Å²) in [6.07, 6.45) is 1.85. The molecule has 1 aliphatic rings. The summed E-state index contributed by atoms with van der Waals surface area (Å²) in [5.41, 5.74) is 0.0605. The molecule has 1 aromatic carbocycles. The van der Waals surface area contributed by atoms with Crippen LogP contribution in [0.2, 0.25) is 0 Å². The van der Waals surface area contributed by atoms with Crippen molar-refractivity contribution in [3.8, 4) is 0 Å². The molecule has 1 aliphatic heterocycles. The molecule has 0 radical (unpaired) electrons. The van der Waals surface area contributed by atoms with E-state index in [4.69, 9.17) is 0 Å². The average molecular weight is 283 g/mol. The molecule has 1 saturated heterocycles. The minimum Gasteiger partial charge on any atom is -0.388 e. The molecule has 0 aliphatic carbocycles. The second-order valence-electron chi connectivity index (χ2n) is 5.94. The number of likely N-dealkylation sites (tertiary alicyclic amines) is 1. The van der Waals surface area contributed by atoms with Crippen molar-refractivity contribution in [3.05, 3.63) is 35.4 Å². The molecule has 1 heterocycles. The molecule has 2 rings (SSSR count). The first-order valence-electron chi connectivity index (χ1n) is 7.36. The van der Waals surface area contributed by atoms with Crippen molar-refractivity contribution in [2.75, 3.05) is 13.1 Å². The Kier molecular flexibility index (Phi) is 5.11. The number of hydrogen-bond acceptors (Lipinski definition) is 2. The number of aliphatic hydroxyl groups excluding tert-OH is 1. The van der Waals surface area contributed by atoms with Gasteiger partial charge in [-0.1, -0.05) is 26.0 Å². The van der Waals surface area contributed by atoms with Gasteiger partial charge in [-0.15, -0.1) is 0 Å². The Morgan fingerprint density at radius 1 is 1.35 bits per heavy atom. The third kappa shape index (κ3) is 3.36. The minimum absolute atomic E-state index is 0.0605. The van der Waals surface area contributed by atoms with Crippen molar-refractivity contribution in [2.24, 2.45) is 5.92 Å². The molecule has 2 unspecified atom stereocenters. The van der Waals surface area contributed by atoms with E-state index in [0.29, 0.717) is 18.4 Å². The van der Waals surface area contributed by atoms with Gasteiger partial charge in [-0.3, -0.25) is 0 Å². The van der Waals surface area contributed by atoms with Gasteiger partial charge in [-0.05, 0) is 37.8 Å². The van der Waals surface area contributed by atoms with Gasteiger partial charge in [0.15, 0.2) is 11.6 Å². The molecule has 0 saturated carbocycles. The van der Waals surface area contributed by atoms with Gasteiger partial charge in [0.1, 0.15) is 0 Å². The van der Waals surface area contributed by atoms with E-state index < -0.39 is 17.7 Å². The standard InChI is InChI=1S/C16H23F2NO/c1-11(2)14-7-4-9-19(14)10-8-15(20)12-5-3-6-13(17)16(12)18/h3,5-6,11,14-15,20H,4,7-10H2,1-2H3. The molecule has 0 spiro atoms. The lowest BCUT2D eigenvalue weighted by molar-refractivity contribution is 0.124. The monoisotopic (exact) mass is 283 g/mol. The smallest absolute Gasteiger partial charge is 0.164 e. The van der Waals surface area contributed by atoms with Gasteiger partial charge >= 0.3 is 0 Å². The highest BCUT2D eigenvalue weighted by atomic mass is 19.2. The summed E-state index contributed by atoms with van der Waals surface area (Å²) in [5.74, 6) is -1.25. The zero-order chi connectivity index (χ0) is 14.7. The van der Waals surface area contributed by atoms with Gasteiger partial charge < -0.3 is 10.0 Å². The van der Waals surface area contributed by atoms with Crippen molar-refractivity contribution in [1.29, 1.82) is 0 Å². The number of hydrogen-bond donors (Lipinski definition) is 1. The van der Waals surface area contributed by atoms with E-state index in [1.807, 2.05) is 0 Å². The Morgan fingerprint density at radius 2 is 2.10 bits per heavy atom. The van der Waals surface area contributed by atoms with Gasteiger partial charge in [0.25, 0.3) is 0 Å². The molecule has 0 bridgehead atoms. The minimum atomic E-state index is -0.945. The molecule has 0 amide bonds. The predicted octanol–water partition coefficient (Wildman–Crippen LogP) is 3.51. The van der Waals surface area contributed by atoms with Gasteiger partial charge in [0, 0.05) is 18.2 Å². The molecule has 4 heteroatoms. The maximum absolute atomic E-state index is 13.6. The maximum Gasteiger partial charge on any atom is 0.164 e. The van der Waals surface area contributed by atoms with Crippen LogP contribution in [-0.2, 0) is 0 Å². The van der Waals surface area contributed by atoms with Crippen LogP contribution in [0.5, 0.6) is 0 Å². The fourth-order valence-corrected chi connectivity index (χ4v) is 3.11. The first kappa shape index (κ1) is 15.4. The zero-order valence-corrected chi connectivity index (χ0v) is 12.1. The molecule has 0 aromatic heterocycles. The highest BCUT2D eigenvalue weighted by Gasteiger charge is 2.27. The summed E-state index contributed by atoms with van der Waals surface area (Å²) < 4.78 is 26.8. The van der Waals surface area contributed by atoms with Crippen LogP contribution in [0.25, 0.3) is 0 Å². The summed E-state index contributed by atoms with van der Waals surface area (Å²) in [4.78, 5) is 2.35. The summed E-state index contributed by atoms with van der Waals surface area (Å²) >= 11 is 0. The second-order valence-corrected chi connectivity index (χ2v) is 5.94. The van der Waals surface area contributed by atoms with Crippen LogP contribution in [0.15, 0.2) is 18.2 Å². The van der Waals surface area contributed by atoms with Crippen LogP contribution < -0.4 is 0 Å². The van der Waals surface area contributed by atoms with E-state index in [-0.39, 0.29) is 5.56 Å². The number of aliphatic hydroxyl groups is 1. The van der Waals surface area contributed by atoms with Crippen molar-refractivity contribution >= 4 is 0 Å². The molecule has 1 aromatic rings. The molecule has 112 valence electrons. The van der Waals surface area contributed by atoms with Crippen LogP contribution in [0.1, 0.15) is 44.8 Å². The topological polar surface area (TPSA) is 23.5 Å². The summed E-state index contributed by atoms with van der Waals surface area (Å²) in [6, 6.07) is 4.50. The quantitative estimate of drug-likeness (QED) is 0.894. The SMILES string of the molecule is CC(C)C1CCCN1CCC(O)c1cccc(F)c1F. The van der Waals surface area contributed by atoms with E-state index in [9.17, 15) is 13.9 Å². The van der Waals surface area contributed by atoms with Crippen LogP contribution in [0.3, 0.4) is 0 Å². The largest absolute Gasteiger partial charge is 0.388 e. The highest BCUT2D eigenvalue weighted by Crippen LogP contribution is 2.27. The Hall–Kier alpha value is -1.00. The number of benzene rings is 1. The maximum atomic E-state index is 13.6. The van der Waals surface area contributed by atoms with E-state index >= 15 is 0 Å². The number of rotatable bonds is 5. The number of halogens is 2. The van der Waals surface area contributed by atoms with Crippen molar-refractivity contribution < 1.29 is 13.9 Å². The van der Waals surface area contributed by atoms with E-state index in [0.717, 1.165) is 19.2 Å². The molecule has 2 atom stereocenters. The first-order valence-corrected chi connectivity index (χ1v) is 7.36. The molecule has 20 heavy (non-hydrogen) atoms. The fourth-order valence-electron chi connectivity index (χ4n) is 3.11. The van der Waals surface area contributed by atoms with Crippen LogP contribution in [-0.4, -0.2) is 29.1 Å². The average Bonchev–Trinajstić information content (AvgIpc) is 2.87. The Morgan fingerprint density at radius 3 is 2.80 bits per heavy atom. The van der Waals surface area contributed by atoms with Crippen molar-refractivity contribution in [2.45, 2.75) is 45.3 Å². The van der Waals surface area contributed by atoms with E-state index in [1.165, 1.54) is 25.0 Å². The van der Waals surface area contributed by atoms with Gasteiger partial charge in [0.05, 0.1) is 6.10 Å². The van der Waals surface area contributed by atoms with Crippen LogP contribution in [0, 0.1) is 17.6 Å². The van der Waals surface area contributed by atoms with Gasteiger partial charge in [0.2, 0.25) is 0 Å². The van der Waals surface area contributed by atoms with Crippen molar-refractivity contribution in [3.63, 3.8) is 0 Å². The number of nitrogens with zero attached hydrogens (tertiary/aromatic N) is 1. The van der Waals surface area contributed by atoms with Crippen molar-refractivity contribution in [1.82, 2.24) is 4.90 Å². The van der Waals surface area contributed by atoms with Crippen LogP contribution in [0.4, 0.5) is 8.78 Å². The normalized spacial score (nSPS) is 21.6. The summed E-state index contributed by atoms with van der Waals surface area (Å²) in [5, 5.41) is 10.1. The zero-order valence-electron chi connectivity index (χ0n) is 12.1. The Bertz CT molecular complexity index is 450. The fraction of sp³-hybridized carbons (Fsp3) is 0.625. The lowest BCUT2D eigenvalue weighted by Gasteiger charge is -2.28. The van der Waals surface area contributed by atoms with Gasteiger partial charge in [-0.25, -0.2) is 8.78 Å². The lowest BCUT2D eigenvalue weighted by atomic mass is 10.0. The molecule has 2 nitrogen and oxygen atoms in total. The molecule has 1 fully saturated rings. The highest BCUT2D eigenvalue weighted by molar-refractivity contribution is 5.21. The summed E-state index contributed by atoms with van der Waals surface area (Å²) in [6.45, 7) is 6.15. The Labute approximate surface area is 119 Å². The van der Waals surface area contributed by atoms with E-state index in [2.05, 4.69) is 18.7 Å². The first-order chi connectivity index (χ1) is 9.50. The lowest BCUT2D eigenvalue weighted by Crippen LogP contribution is -2.34. The molecule has 1 N–H and O–H groups in total.